The predicted octanol–water partition coefficient (Wildman–Crippen LogP) is 3.72. The molecule has 1 atom stereocenters. The Balaban J connectivity index is 2.30. The average Bonchev–Trinajstić information content (AvgIpc) is 2.46. The molecule has 7 heteroatoms. The molecular weight excluding hydrogens is 312 g/mol. The van der Waals surface area contributed by atoms with E-state index < -0.39 is 12.2 Å². The topological polar surface area (TPSA) is 24.5 Å². The molecule has 1 aliphatic heterocycles. The summed E-state index contributed by atoms with van der Waals surface area (Å²) < 4.78 is 55.4. The molecule has 0 aromatic heterocycles. The first kappa shape index (κ1) is 18.0. The molecule has 1 N–H and O–H groups in total. The molecule has 1 heterocycles. The van der Waals surface area contributed by atoms with Crippen LogP contribution >= 0.6 is 0 Å². The van der Waals surface area contributed by atoms with Gasteiger partial charge >= 0.3 is 6.36 Å². The van der Waals surface area contributed by atoms with Gasteiger partial charge in [0.15, 0.2) is 0 Å². The Morgan fingerprint density at radius 1 is 1.22 bits per heavy atom. The molecule has 0 aliphatic carbocycles. The van der Waals surface area contributed by atoms with Gasteiger partial charge < -0.3 is 10.1 Å². The number of ether oxygens (including phenoxy) is 1. The number of hydrogen-bond acceptors (Lipinski definition) is 3. The summed E-state index contributed by atoms with van der Waals surface area (Å²) in [5.41, 5.74) is 0.266. The number of alkyl halides is 3. The van der Waals surface area contributed by atoms with Gasteiger partial charge in [-0.15, -0.1) is 13.2 Å². The number of hydrogen-bond donors (Lipinski definition) is 1. The molecule has 3 nitrogen and oxygen atoms in total. The minimum atomic E-state index is -4.78. The van der Waals surface area contributed by atoms with Gasteiger partial charge in [0.1, 0.15) is 11.6 Å². The highest BCUT2D eigenvalue weighted by Gasteiger charge is 2.32. The lowest BCUT2D eigenvalue weighted by Gasteiger charge is -2.36. The maximum Gasteiger partial charge on any atom is 0.573 e. The smallest absolute Gasteiger partial charge is 0.406 e. The van der Waals surface area contributed by atoms with Crippen LogP contribution in [0.2, 0.25) is 0 Å². The zero-order valence-electron chi connectivity index (χ0n) is 13.3. The molecule has 0 spiro atoms. The molecular formula is C16H22F4N2O. The van der Waals surface area contributed by atoms with Gasteiger partial charge in [-0.3, -0.25) is 4.90 Å². The van der Waals surface area contributed by atoms with E-state index in [2.05, 4.69) is 15.0 Å². The van der Waals surface area contributed by atoms with Crippen LogP contribution in [0.5, 0.6) is 5.75 Å². The highest BCUT2D eigenvalue weighted by Crippen LogP contribution is 2.33. The van der Waals surface area contributed by atoms with Gasteiger partial charge in [0.25, 0.3) is 0 Å². The number of nitrogens with one attached hydrogen (secondary N) is 1. The van der Waals surface area contributed by atoms with Crippen LogP contribution in [0.4, 0.5) is 17.6 Å². The van der Waals surface area contributed by atoms with Crippen molar-refractivity contribution in [2.45, 2.75) is 32.7 Å². The fourth-order valence-corrected chi connectivity index (χ4v) is 2.89. The van der Waals surface area contributed by atoms with Gasteiger partial charge in [-0.05, 0) is 30.5 Å². The third kappa shape index (κ3) is 5.35. The monoisotopic (exact) mass is 334 g/mol. The van der Waals surface area contributed by atoms with Gasteiger partial charge in [-0.25, -0.2) is 4.39 Å². The summed E-state index contributed by atoms with van der Waals surface area (Å²) in [7, 11) is 0. The number of halogens is 4. The lowest BCUT2D eigenvalue weighted by atomic mass is 9.94. The lowest BCUT2D eigenvalue weighted by Crippen LogP contribution is -2.45. The Hall–Kier alpha value is -1.34. The molecule has 0 radical (unpaired) electrons. The number of piperazine rings is 1. The van der Waals surface area contributed by atoms with E-state index in [4.69, 9.17) is 0 Å². The maximum atomic E-state index is 14.3. The molecule has 0 unspecified atom stereocenters. The molecule has 1 aromatic carbocycles. The van der Waals surface area contributed by atoms with Crippen molar-refractivity contribution >= 4 is 0 Å². The first-order valence-electron chi connectivity index (χ1n) is 7.76. The third-order valence-electron chi connectivity index (χ3n) is 3.85. The second kappa shape index (κ2) is 7.49. The lowest BCUT2D eigenvalue weighted by molar-refractivity contribution is -0.274. The van der Waals surface area contributed by atoms with E-state index in [9.17, 15) is 17.6 Å². The highest BCUT2D eigenvalue weighted by atomic mass is 19.4. The Kier molecular flexibility index (Phi) is 5.86. The quantitative estimate of drug-likeness (QED) is 0.831. The normalized spacial score (nSPS) is 18.2. The van der Waals surface area contributed by atoms with Crippen molar-refractivity contribution < 1.29 is 22.3 Å². The van der Waals surface area contributed by atoms with Crippen molar-refractivity contribution in [1.29, 1.82) is 0 Å². The summed E-state index contributed by atoms with van der Waals surface area (Å²) in [5.74, 6) is -0.581. The molecule has 1 aliphatic rings. The van der Waals surface area contributed by atoms with Crippen LogP contribution in [0.25, 0.3) is 0 Å². The van der Waals surface area contributed by atoms with Crippen LogP contribution < -0.4 is 10.1 Å². The van der Waals surface area contributed by atoms with Crippen molar-refractivity contribution in [3.8, 4) is 5.75 Å². The van der Waals surface area contributed by atoms with Crippen LogP contribution in [0.3, 0.4) is 0 Å². The van der Waals surface area contributed by atoms with Gasteiger partial charge in [-0.1, -0.05) is 13.8 Å². The first-order valence-corrected chi connectivity index (χ1v) is 7.76. The second-order valence-electron chi connectivity index (χ2n) is 6.16. The number of rotatable bonds is 5. The maximum absolute atomic E-state index is 14.3. The SMILES string of the molecule is CC(C)C[C@@H](c1cc(OC(F)(F)F)ccc1F)N1CCNCC1. The molecule has 2 rings (SSSR count). The van der Waals surface area contributed by atoms with Crippen LogP contribution in [0.1, 0.15) is 31.9 Å². The van der Waals surface area contributed by atoms with Crippen LogP contribution in [0, 0.1) is 11.7 Å². The van der Waals surface area contributed by atoms with Crippen molar-refractivity contribution in [2.24, 2.45) is 5.92 Å². The molecule has 0 amide bonds. The molecule has 1 aromatic rings. The third-order valence-corrected chi connectivity index (χ3v) is 3.85. The first-order chi connectivity index (χ1) is 10.8. The van der Waals surface area contributed by atoms with Crippen molar-refractivity contribution in [3.63, 3.8) is 0 Å². The minimum Gasteiger partial charge on any atom is -0.406 e. The summed E-state index contributed by atoms with van der Waals surface area (Å²) in [5, 5.41) is 3.22. The summed E-state index contributed by atoms with van der Waals surface area (Å²) in [4.78, 5) is 2.12. The van der Waals surface area contributed by atoms with E-state index in [-0.39, 0.29) is 17.4 Å². The van der Waals surface area contributed by atoms with E-state index in [1.54, 1.807) is 0 Å². The zero-order chi connectivity index (χ0) is 17.0. The van der Waals surface area contributed by atoms with E-state index in [1.165, 1.54) is 6.07 Å². The molecule has 1 fully saturated rings. The van der Waals surface area contributed by atoms with Crippen molar-refractivity contribution in [3.05, 3.63) is 29.6 Å². The molecule has 23 heavy (non-hydrogen) atoms. The standard InChI is InChI=1S/C16H22F4N2O/c1-11(2)9-15(22-7-5-21-6-8-22)13-10-12(3-4-14(13)17)23-16(18,19)20/h3-4,10-11,15,21H,5-9H2,1-2H3/t15-/m0/s1. The number of benzene rings is 1. The summed E-state index contributed by atoms with van der Waals surface area (Å²) in [6.45, 7) is 7.08. The van der Waals surface area contributed by atoms with E-state index in [0.717, 1.165) is 38.3 Å². The van der Waals surface area contributed by atoms with E-state index >= 15 is 0 Å². The van der Waals surface area contributed by atoms with Crippen LogP contribution in [-0.2, 0) is 0 Å². The molecule has 1 saturated heterocycles. The second-order valence-corrected chi connectivity index (χ2v) is 6.16. The summed E-state index contributed by atoms with van der Waals surface area (Å²) in [6.07, 6.45) is -4.11. The molecule has 0 saturated carbocycles. The van der Waals surface area contributed by atoms with Crippen LogP contribution in [0.15, 0.2) is 18.2 Å². The van der Waals surface area contributed by atoms with Crippen molar-refractivity contribution in [2.75, 3.05) is 26.2 Å². The zero-order valence-corrected chi connectivity index (χ0v) is 13.3. The minimum absolute atomic E-state index is 0.256. The largest absolute Gasteiger partial charge is 0.573 e. The van der Waals surface area contributed by atoms with Crippen molar-refractivity contribution in [1.82, 2.24) is 10.2 Å². The van der Waals surface area contributed by atoms with Gasteiger partial charge in [0.05, 0.1) is 0 Å². The summed E-state index contributed by atoms with van der Waals surface area (Å²) in [6, 6.07) is 2.98. The van der Waals surface area contributed by atoms with E-state index in [0.29, 0.717) is 12.3 Å². The van der Waals surface area contributed by atoms with Gasteiger partial charge in [0.2, 0.25) is 0 Å². The Bertz CT molecular complexity index is 513. The number of nitrogens with zero attached hydrogens (tertiary/aromatic N) is 1. The van der Waals surface area contributed by atoms with Gasteiger partial charge in [0, 0.05) is 37.8 Å². The van der Waals surface area contributed by atoms with Gasteiger partial charge in [-0.2, -0.15) is 0 Å². The Labute approximate surface area is 133 Å². The van der Waals surface area contributed by atoms with E-state index in [1.807, 2.05) is 13.8 Å². The fraction of sp³-hybridized carbons (Fsp3) is 0.625. The molecule has 0 bridgehead atoms. The molecule has 130 valence electrons. The van der Waals surface area contributed by atoms with Crippen LogP contribution in [-0.4, -0.2) is 37.4 Å². The predicted molar refractivity (Wildman–Crippen MR) is 79.7 cm³/mol. The highest BCUT2D eigenvalue weighted by molar-refractivity contribution is 5.32. The fourth-order valence-electron chi connectivity index (χ4n) is 2.89. The Morgan fingerprint density at radius 3 is 2.43 bits per heavy atom. The average molecular weight is 334 g/mol. The summed E-state index contributed by atoms with van der Waals surface area (Å²) >= 11 is 0. The Morgan fingerprint density at radius 2 is 1.87 bits per heavy atom.